The highest BCUT2D eigenvalue weighted by atomic mass is 16.5. The van der Waals surface area contributed by atoms with E-state index in [9.17, 15) is 9.59 Å². The van der Waals surface area contributed by atoms with Gasteiger partial charge in [0, 0.05) is 22.7 Å². The molecule has 5 heteroatoms. The third-order valence-electron chi connectivity index (χ3n) is 4.62. The Kier molecular flexibility index (Phi) is 5.83. The quantitative estimate of drug-likeness (QED) is 0.690. The first-order valence-corrected chi connectivity index (χ1v) is 9.56. The van der Waals surface area contributed by atoms with Gasteiger partial charge in [-0.25, -0.2) is 0 Å². The van der Waals surface area contributed by atoms with E-state index in [-0.39, 0.29) is 23.9 Å². The number of amides is 1. The van der Waals surface area contributed by atoms with Crippen LogP contribution in [0.3, 0.4) is 0 Å². The highest BCUT2D eigenvalue weighted by molar-refractivity contribution is 5.94. The second-order valence-electron chi connectivity index (χ2n) is 7.22. The van der Waals surface area contributed by atoms with E-state index in [1.54, 1.807) is 4.90 Å². The van der Waals surface area contributed by atoms with Crippen LogP contribution in [0, 0.1) is 12.8 Å². The molecule has 28 heavy (non-hydrogen) atoms. The van der Waals surface area contributed by atoms with Crippen molar-refractivity contribution in [2.75, 3.05) is 11.5 Å². The molecule has 0 fully saturated rings. The minimum atomic E-state index is -0.187. The summed E-state index contributed by atoms with van der Waals surface area (Å²) in [6.07, 6.45) is 0. The number of aromatic nitrogens is 1. The number of carbonyl (C=O) groups is 1. The lowest BCUT2D eigenvalue weighted by Crippen LogP contribution is -2.35. The van der Waals surface area contributed by atoms with Crippen LogP contribution in [0.4, 0.5) is 5.69 Å². The summed E-state index contributed by atoms with van der Waals surface area (Å²) in [6.45, 7) is 8.45. The number of nitrogens with zero attached hydrogens (tertiary/aromatic N) is 1. The average molecular weight is 378 g/mol. The number of nitrogens with one attached hydrogen (secondary N) is 1. The fourth-order valence-corrected chi connectivity index (χ4v) is 3.16. The topological polar surface area (TPSA) is 62.4 Å². The number of benzene rings is 2. The Morgan fingerprint density at radius 1 is 1.11 bits per heavy atom. The van der Waals surface area contributed by atoms with Gasteiger partial charge >= 0.3 is 0 Å². The summed E-state index contributed by atoms with van der Waals surface area (Å²) < 4.78 is 5.49. The predicted octanol–water partition coefficient (Wildman–Crippen LogP) is 4.42. The molecule has 2 aromatic carbocycles. The van der Waals surface area contributed by atoms with E-state index in [0.717, 1.165) is 27.9 Å². The van der Waals surface area contributed by atoms with Crippen LogP contribution in [0.2, 0.25) is 0 Å². The standard InChI is InChI=1S/C23H26N2O3/c1-5-28-20-9-7-19(8-10-20)25(23(27)15(2)3)14-18-13-17-12-16(4)6-11-21(17)24-22(18)26/h6-13,15H,5,14H2,1-4H3,(H,24,26). The molecule has 1 heterocycles. The zero-order valence-electron chi connectivity index (χ0n) is 16.8. The fourth-order valence-electron chi connectivity index (χ4n) is 3.16. The number of rotatable bonds is 6. The van der Waals surface area contributed by atoms with E-state index in [1.807, 2.05) is 76.2 Å². The van der Waals surface area contributed by atoms with Gasteiger partial charge in [0.25, 0.3) is 5.56 Å². The van der Waals surface area contributed by atoms with Crippen LogP contribution in [0.1, 0.15) is 31.9 Å². The smallest absolute Gasteiger partial charge is 0.253 e. The summed E-state index contributed by atoms with van der Waals surface area (Å²) in [7, 11) is 0. The zero-order valence-corrected chi connectivity index (χ0v) is 16.8. The summed E-state index contributed by atoms with van der Waals surface area (Å²) in [5.41, 5.74) is 3.03. The Labute approximate surface area is 165 Å². The molecule has 0 aliphatic carbocycles. The van der Waals surface area contributed by atoms with Crippen molar-refractivity contribution in [2.24, 2.45) is 5.92 Å². The highest BCUT2D eigenvalue weighted by Crippen LogP contribution is 2.23. The number of ether oxygens (including phenoxy) is 1. The third kappa shape index (κ3) is 4.25. The van der Waals surface area contributed by atoms with Crippen LogP contribution in [-0.2, 0) is 11.3 Å². The summed E-state index contributed by atoms with van der Waals surface area (Å²) >= 11 is 0. The number of aromatic amines is 1. The van der Waals surface area contributed by atoms with Crippen molar-refractivity contribution in [3.8, 4) is 5.75 Å². The molecular formula is C23H26N2O3. The average Bonchev–Trinajstić information content (AvgIpc) is 2.67. The molecule has 1 aromatic heterocycles. The number of hydrogen-bond donors (Lipinski definition) is 1. The van der Waals surface area contributed by atoms with Gasteiger partial charge in [0.05, 0.1) is 13.2 Å². The summed E-state index contributed by atoms with van der Waals surface area (Å²) in [4.78, 5) is 30.1. The van der Waals surface area contributed by atoms with Gasteiger partial charge in [0.15, 0.2) is 0 Å². The van der Waals surface area contributed by atoms with Crippen LogP contribution in [0.15, 0.2) is 53.3 Å². The Morgan fingerprint density at radius 2 is 1.82 bits per heavy atom. The Bertz CT molecular complexity index is 1040. The molecule has 0 spiro atoms. The van der Waals surface area contributed by atoms with E-state index >= 15 is 0 Å². The number of hydrogen-bond acceptors (Lipinski definition) is 3. The number of fused-ring (bicyclic) bond motifs is 1. The fraction of sp³-hybridized carbons (Fsp3) is 0.304. The first-order valence-electron chi connectivity index (χ1n) is 9.56. The van der Waals surface area contributed by atoms with Gasteiger partial charge in [-0.1, -0.05) is 25.5 Å². The van der Waals surface area contributed by atoms with Crippen LogP contribution in [0.25, 0.3) is 10.9 Å². The lowest BCUT2D eigenvalue weighted by atomic mass is 10.1. The molecular weight excluding hydrogens is 352 g/mol. The maximum absolute atomic E-state index is 12.9. The Balaban J connectivity index is 2.00. The van der Waals surface area contributed by atoms with Crippen molar-refractivity contribution in [3.63, 3.8) is 0 Å². The molecule has 0 aliphatic rings. The van der Waals surface area contributed by atoms with Gasteiger partial charge in [-0.05, 0) is 61.7 Å². The Morgan fingerprint density at radius 3 is 2.46 bits per heavy atom. The summed E-state index contributed by atoms with van der Waals surface area (Å²) in [5, 5.41) is 0.957. The molecule has 0 radical (unpaired) electrons. The molecule has 146 valence electrons. The van der Waals surface area contributed by atoms with E-state index in [2.05, 4.69) is 4.98 Å². The molecule has 0 saturated heterocycles. The largest absolute Gasteiger partial charge is 0.494 e. The SMILES string of the molecule is CCOc1ccc(N(Cc2cc3cc(C)ccc3[nH]c2=O)C(=O)C(C)C)cc1. The van der Waals surface area contributed by atoms with Crippen molar-refractivity contribution in [3.05, 3.63) is 70.0 Å². The normalized spacial score (nSPS) is 11.0. The number of pyridine rings is 1. The monoisotopic (exact) mass is 378 g/mol. The summed E-state index contributed by atoms with van der Waals surface area (Å²) in [5.74, 6) is 0.531. The van der Waals surface area contributed by atoms with Crippen molar-refractivity contribution in [1.29, 1.82) is 0 Å². The molecule has 3 rings (SSSR count). The third-order valence-corrected chi connectivity index (χ3v) is 4.62. The van der Waals surface area contributed by atoms with Crippen LogP contribution < -0.4 is 15.2 Å². The second-order valence-corrected chi connectivity index (χ2v) is 7.22. The van der Waals surface area contributed by atoms with Crippen LogP contribution in [-0.4, -0.2) is 17.5 Å². The maximum Gasteiger partial charge on any atom is 0.253 e. The van der Waals surface area contributed by atoms with Gasteiger partial charge in [-0.3, -0.25) is 9.59 Å². The molecule has 3 aromatic rings. The minimum Gasteiger partial charge on any atom is -0.494 e. The van der Waals surface area contributed by atoms with Crippen molar-refractivity contribution < 1.29 is 9.53 Å². The van der Waals surface area contributed by atoms with E-state index in [4.69, 9.17) is 4.74 Å². The number of H-pyrrole nitrogens is 1. The molecule has 0 atom stereocenters. The first-order chi connectivity index (χ1) is 13.4. The second kappa shape index (κ2) is 8.30. The molecule has 1 N–H and O–H groups in total. The van der Waals surface area contributed by atoms with Crippen molar-refractivity contribution >= 4 is 22.5 Å². The number of aryl methyl sites for hydroxylation is 1. The van der Waals surface area contributed by atoms with Gasteiger partial charge in [-0.2, -0.15) is 0 Å². The number of carbonyl (C=O) groups excluding carboxylic acids is 1. The predicted molar refractivity (Wildman–Crippen MR) is 113 cm³/mol. The number of anilines is 1. The lowest BCUT2D eigenvalue weighted by Gasteiger charge is -2.25. The maximum atomic E-state index is 12.9. The van der Waals surface area contributed by atoms with Crippen LogP contribution >= 0.6 is 0 Å². The Hall–Kier alpha value is -3.08. The molecule has 1 amide bonds. The van der Waals surface area contributed by atoms with Crippen LogP contribution in [0.5, 0.6) is 5.75 Å². The molecule has 0 aliphatic heterocycles. The van der Waals surface area contributed by atoms with E-state index in [0.29, 0.717) is 12.2 Å². The van der Waals surface area contributed by atoms with Gasteiger partial charge < -0.3 is 14.6 Å². The molecule has 0 saturated carbocycles. The van der Waals surface area contributed by atoms with Gasteiger partial charge in [0.1, 0.15) is 5.75 Å². The molecule has 0 unspecified atom stereocenters. The van der Waals surface area contributed by atoms with E-state index in [1.165, 1.54) is 0 Å². The van der Waals surface area contributed by atoms with Crippen molar-refractivity contribution in [1.82, 2.24) is 4.98 Å². The minimum absolute atomic E-state index is 0.0344. The lowest BCUT2D eigenvalue weighted by molar-refractivity contribution is -0.121. The van der Waals surface area contributed by atoms with Gasteiger partial charge in [-0.15, -0.1) is 0 Å². The summed E-state index contributed by atoms with van der Waals surface area (Å²) in [6, 6.07) is 15.2. The molecule has 5 nitrogen and oxygen atoms in total. The first kappa shape index (κ1) is 19.7. The zero-order chi connectivity index (χ0) is 20.3. The highest BCUT2D eigenvalue weighted by Gasteiger charge is 2.21. The molecule has 0 bridgehead atoms. The van der Waals surface area contributed by atoms with E-state index < -0.39 is 0 Å². The van der Waals surface area contributed by atoms with Gasteiger partial charge in [0.2, 0.25) is 5.91 Å². The van der Waals surface area contributed by atoms with Crippen molar-refractivity contribution in [2.45, 2.75) is 34.2 Å².